The van der Waals surface area contributed by atoms with Gasteiger partial charge < -0.3 is 19.5 Å². The van der Waals surface area contributed by atoms with E-state index in [0.29, 0.717) is 11.8 Å². The highest BCUT2D eigenvalue weighted by Gasteiger charge is 2.27. The Kier molecular flexibility index (Phi) is 6.47. The van der Waals surface area contributed by atoms with Gasteiger partial charge >= 0.3 is 0 Å². The van der Waals surface area contributed by atoms with E-state index in [-0.39, 0.29) is 5.75 Å². The molecule has 3 aromatic carbocycles. The third kappa shape index (κ3) is 4.54. The van der Waals surface area contributed by atoms with Crippen LogP contribution in [0.1, 0.15) is 23.1 Å². The Hall–Kier alpha value is -2.98. The first-order chi connectivity index (χ1) is 15.1. The van der Waals surface area contributed by atoms with E-state index in [1.807, 2.05) is 18.2 Å². The van der Waals surface area contributed by atoms with Crippen molar-refractivity contribution in [1.29, 1.82) is 0 Å². The highest BCUT2D eigenvalue weighted by Crippen LogP contribution is 2.43. The summed E-state index contributed by atoms with van der Waals surface area (Å²) in [5.74, 6) is 1.52. The van der Waals surface area contributed by atoms with E-state index in [2.05, 4.69) is 49.5 Å². The third-order valence-corrected chi connectivity index (χ3v) is 6.61. The van der Waals surface area contributed by atoms with Crippen molar-refractivity contribution in [2.24, 2.45) is 0 Å². The summed E-state index contributed by atoms with van der Waals surface area (Å²) >= 11 is 0. The van der Waals surface area contributed by atoms with E-state index in [4.69, 9.17) is 9.47 Å². The number of likely N-dealkylation sites (N-methyl/N-ethyl adjacent to an activating group) is 1. The molecule has 0 aromatic heterocycles. The molecule has 0 radical (unpaired) electrons. The van der Waals surface area contributed by atoms with Gasteiger partial charge in [-0.15, -0.1) is 0 Å². The number of hydrogen-bond donors (Lipinski definition) is 2. The Bertz CT molecular complexity index is 1030. The number of methoxy groups -OCH3 is 2. The zero-order valence-electron chi connectivity index (χ0n) is 18.7. The lowest BCUT2D eigenvalue weighted by molar-refractivity contribution is -0.906. The molecule has 4 rings (SSSR count). The summed E-state index contributed by atoms with van der Waals surface area (Å²) in [6.07, 6.45) is 4.01. The summed E-state index contributed by atoms with van der Waals surface area (Å²) in [5, 5.41) is 11.1. The second-order valence-electron chi connectivity index (χ2n) is 8.45. The number of benzene rings is 3. The van der Waals surface area contributed by atoms with Gasteiger partial charge in [-0.05, 0) is 46.9 Å². The fraction of sp³-hybridized carbons (Fsp3) is 0.333. The number of rotatable bonds is 5. The lowest BCUT2D eigenvalue weighted by Gasteiger charge is -2.25. The van der Waals surface area contributed by atoms with Crippen LogP contribution in [0.5, 0.6) is 17.2 Å². The van der Waals surface area contributed by atoms with Gasteiger partial charge in [0.2, 0.25) is 0 Å². The lowest BCUT2D eigenvalue weighted by Crippen LogP contribution is -3.13. The Morgan fingerprint density at radius 3 is 2.48 bits per heavy atom. The predicted molar refractivity (Wildman–Crippen MR) is 124 cm³/mol. The summed E-state index contributed by atoms with van der Waals surface area (Å²) < 4.78 is 11.0. The van der Waals surface area contributed by atoms with Crippen LogP contribution < -0.4 is 14.4 Å². The molecule has 0 saturated heterocycles. The van der Waals surface area contributed by atoms with Gasteiger partial charge in [-0.25, -0.2) is 0 Å². The third-order valence-electron chi connectivity index (χ3n) is 6.61. The number of nitrogens with one attached hydrogen (secondary N) is 1. The van der Waals surface area contributed by atoms with Crippen LogP contribution >= 0.6 is 0 Å². The number of fused-ring (bicyclic) bond motifs is 3. The molecule has 0 bridgehead atoms. The van der Waals surface area contributed by atoms with Gasteiger partial charge in [0.05, 0.1) is 33.9 Å². The summed E-state index contributed by atoms with van der Waals surface area (Å²) in [6, 6.07) is 21.4. The van der Waals surface area contributed by atoms with E-state index in [9.17, 15) is 5.11 Å². The minimum absolute atomic E-state index is 0.218. The monoisotopic (exact) mass is 418 g/mol. The molecule has 2 N–H and O–H groups in total. The Morgan fingerprint density at radius 2 is 1.74 bits per heavy atom. The molecule has 1 aliphatic heterocycles. The van der Waals surface area contributed by atoms with Crippen molar-refractivity contribution < 1.29 is 19.5 Å². The summed E-state index contributed by atoms with van der Waals surface area (Å²) in [6.45, 7) is 1.05. The second kappa shape index (κ2) is 9.44. The van der Waals surface area contributed by atoms with Crippen LogP contribution in [-0.2, 0) is 19.3 Å². The van der Waals surface area contributed by atoms with Gasteiger partial charge in [0.1, 0.15) is 5.75 Å². The fourth-order valence-electron chi connectivity index (χ4n) is 4.69. The molecule has 4 nitrogen and oxygen atoms in total. The summed E-state index contributed by atoms with van der Waals surface area (Å²) in [7, 11) is 5.58. The molecule has 0 amide bonds. The maximum Gasteiger partial charge on any atom is 0.165 e. The van der Waals surface area contributed by atoms with Crippen LogP contribution in [0.4, 0.5) is 0 Å². The SMILES string of the molecule is COc1ccc2c(c1)-c1c(ccc(OC)c1O)C[C@@H](CCc1ccccc1)[NH+](C)CC2. The molecule has 1 aliphatic rings. The maximum absolute atomic E-state index is 11.1. The van der Waals surface area contributed by atoms with Crippen LogP contribution in [0, 0.1) is 0 Å². The molecule has 3 aromatic rings. The standard InChI is InChI=1S/C27H31NO3/c1-28-16-15-20-10-13-23(30-2)18-24(20)26-21(11-14-25(31-3)27(26)29)17-22(28)12-9-19-7-5-4-6-8-19/h4-8,10-11,13-14,18,22,29H,9,12,15-17H2,1-3H3/p+1/t22-/m1/s1. The van der Waals surface area contributed by atoms with Crippen molar-refractivity contribution in [3.63, 3.8) is 0 Å². The number of hydrogen-bond acceptors (Lipinski definition) is 3. The minimum Gasteiger partial charge on any atom is -0.504 e. The van der Waals surface area contributed by atoms with Gasteiger partial charge in [-0.3, -0.25) is 0 Å². The largest absolute Gasteiger partial charge is 0.504 e. The van der Waals surface area contributed by atoms with Crippen LogP contribution in [0.3, 0.4) is 0 Å². The Labute approximate surface area is 185 Å². The first-order valence-corrected chi connectivity index (χ1v) is 11.0. The van der Waals surface area contributed by atoms with E-state index in [0.717, 1.165) is 54.7 Å². The molecule has 31 heavy (non-hydrogen) atoms. The van der Waals surface area contributed by atoms with Crippen molar-refractivity contribution >= 4 is 0 Å². The summed E-state index contributed by atoms with van der Waals surface area (Å²) in [5.41, 5.74) is 5.69. The molecule has 4 heteroatoms. The number of aromatic hydroxyl groups is 1. The second-order valence-corrected chi connectivity index (χ2v) is 8.45. The number of ether oxygens (including phenoxy) is 2. The van der Waals surface area contributed by atoms with Gasteiger partial charge in [0, 0.05) is 24.8 Å². The first kappa shape index (κ1) is 21.3. The van der Waals surface area contributed by atoms with Crippen LogP contribution in [0.2, 0.25) is 0 Å². The van der Waals surface area contributed by atoms with Gasteiger partial charge in [0.15, 0.2) is 11.5 Å². The lowest BCUT2D eigenvalue weighted by atomic mass is 9.89. The quantitative estimate of drug-likeness (QED) is 0.664. The van der Waals surface area contributed by atoms with Crippen molar-refractivity contribution in [3.8, 4) is 28.4 Å². The highest BCUT2D eigenvalue weighted by atomic mass is 16.5. The van der Waals surface area contributed by atoms with E-state index >= 15 is 0 Å². The molecular weight excluding hydrogens is 386 g/mol. The van der Waals surface area contributed by atoms with Crippen molar-refractivity contribution in [2.45, 2.75) is 31.7 Å². The number of phenols is 1. The van der Waals surface area contributed by atoms with Gasteiger partial charge in [-0.2, -0.15) is 0 Å². The maximum atomic E-state index is 11.1. The zero-order chi connectivity index (χ0) is 21.8. The average molecular weight is 419 g/mol. The van der Waals surface area contributed by atoms with E-state index in [1.54, 1.807) is 14.2 Å². The molecule has 0 aliphatic carbocycles. The zero-order valence-corrected chi connectivity index (χ0v) is 18.7. The molecule has 162 valence electrons. The molecule has 0 saturated carbocycles. The normalized spacial score (nSPS) is 18.2. The van der Waals surface area contributed by atoms with Gasteiger partial charge in [0.25, 0.3) is 0 Å². The average Bonchev–Trinajstić information content (AvgIpc) is 2.86. The summed E-state index contributed by atoms with van der Waals surface area (Å²) in [4.78, 5) is 1.53. The first-order valence-electron chi connectivity index (χ1n) is 11.0. The Balaban J connectivity index is 1.76. The van der Waals surface area contributed by atoms with E-state index < -0.39 is 0 Å². The number of phenolic OH excluding ortho intramolecular Hbond substituents is 1. The highest BCUT2D eigenvalue weighted by molar-refractivity contribution is 5.80. The van der Waals surface area contributed by atoms with Crippen LogP contribution in [0.25, 0.3) is 11.1 Å². The van der Waals surface area contributed by atoms with Crippen LogP contribution in [-0.4, -0.2) is 39.0 Å². The predicted octanol–water partition coefficient (Wildman–Crippen LogP) is 3.69. The fourth-order valence-corrected chi connectivity index (χ4v) is 4.69. The van der Waals surface area contributed by atoms with E-state index in [1.165, 1.54) is 16.0 Å². The molecule has 0 fully saturated rings. The molecule has 1 unspecified atom stereocenters. The number of quaternary nitrogens is 1. The molecule has 1 heterocycles. The van der Waals surface area contributed by atoms with Crippen molar-refractivity contribution in [1.82, 2.24) is 0 Å². The number of aryl methyl sites for hydroxylation is 1. The van der Waals surface area contributed by atoms with Gasteiger partial charge in [-0.1, -0.05) is 42.5 Å². The molecule has 0 spiro atoms. The topological polar surface area (TPSA) is 43.1 Å². The van der Waals surface area contributed by atoms with Crippen LogP contribution in [0.15, 0.2) is 60.7 Å². The van der Waals surface area contributed by atoms with Crippen molar-refractivity contribution in [2.75, 3.05) is 27.8 Å². The molecule has 2 atom stereocenters. The minimum atomic E-state index is 0.218. The Morgan fingerprint density at radius 1 is 0.968 bits per heavy atom. The van der Waals surface area contributed by atoms with Crippen molar-refractivity contribution in [3.05, 3.63) is 77.4 Å². The molecular formula is C27H32NO3+. The smallest absolute Gasteiger partial charge is 0.165 e.